The Morgan fingerprint density at radius 1 is 1.11 bits per heavy atom. The lowest BCUT2D eigenvalue weighted by Gasteiger charge is -2.36. The number of anilines is 1. The first-order valence-corrected chi connectivity index (χ1v) is 10.6. The van der Waals surface area contributed by atoms with Crippen molar-refractivity contribution in [3.05, 3.63) is 58.6 Å². The monoisotopic (exact) mass is 445 g/mol. The third-order valence-electron chi connectivity index (χ3n) is 4.99. The Bertz CT molecular complexity index is 774. The van der Waals surface area contributed by atoms with E-state index >= 15 is 0 Å². The summed E-state index contributed by atoms with van der Waals surface area (Å²) in [5.74, 6) is 0.998. The largest absolute Gasteiger partial charge is 0.492 e. The van der Waals surface area contributed by atoms with E-state index in [0.29, 0.717) is 13.2 Å². The number of benzene rings is 2. The van der Waals surface area contributed by atoms with Crippen molar-refractivity contribution >= 4 is 27.5 Å². The van der Waals surface area contributed by atoms with Crippen molar-refractivity contribution in [3.8, 4) is 5.75 Å². The summed E-state index contributed by atoms with van der Waals surface area (Å²) >= 11 is 3.44. The summed E-state index contributed by atoms with van der Waals surface area (Å²) in [6.45, 7) is 8.61. The van der Waals surface area contributed by atoms with E-state index in [1.807, 2.05) is 56.3 Å². The number of piperazine rings is 1. The van der Waals surface area contributed by atoms with Crippen LogP contribution < -0.4 is 15.0 Å². The SMILES string of the molecule is CCOc1ccccc1N1CCN(CC(=O)NC(C)c2ccc(Br)cc2)CC1. The smallest absolute Gasteiger partial charge is 0.234 e. The number of amides is 1. The summed E-state index contributed by atoms with van der Waals surface area (Å²) in [6, 6.07) is 16.2. The fourth-order valence-corrected chi connectivity index (χ4v) is 3.73. The Labute approximate surface area is 175 Å². The minimum atomic E-state index is -0.0000383. The van der Waals surface area contributed by atoms with Crippen LogP contribution in [-0.4, -0.2) is 50.1 Å². The molecule has 0 saturated carbocycles. The molecule has 0 aliphatic carbocycles. The normalized spacial score (nSPS) is 15.9. The van der Waals surface area contributed by atoms with Crippen LogP contribution in [0.1, 0.15) is 25.5 Å². The number of halogens is 1. The predicted octanol–water partition coefficient (Wildman–Crippen LogP) is 3.85. The number of nitrogens with one attached hydrogen (secondary N) is 1. The van der Waals surface area contributed by atoms with Gasteiger partial charge in [-0.05, 0) is 43.7 Å². The Balaban J connectivity index is 1.49. The molecule has 0 aromatic heterocycles. The van der Waals surface area contributed by atoms with E-state index in [1.165, 1.54) is 0 Å². The maximum absolute atomic E-state index is 12.5. The first-order chi connectivity index (χ1) is 13.6. The van der Waals surface area contributed by atoms with Gasteiger partial charge in [-0.3, -0.25) is 9.69 Å². The van der Waals surface area contributed by atoms with Crippen molar-refractivity contribution in [1.82, 2.24) is 10.2 Å². The van der Waals surface area contributed by atoms with Crippen LogP contribution in [0.3, 0.4) is 0 Å². The van der Waals surface area contributed by atoms with Crippen LogP contribution in [0.5, 0.6) is 5.75 Å². The zero-order valence-corrected chi connectivity index (χ0v) is 18.1. The Kier molecular flexibility index (Phi) is 7.34. The Morgan fingerprint density at radius 2 is 1.79 bits per heavy atom. The van der Waals surface area contributed by atoms with E-state index in [2.05, 4.69) is 37.1 Å². The van der Waals surface area contributed by atoms with Crippen molar-refractivity contribution < 1.29 is 9.53 Å². The van der Waals surface area contributed by atoms with Crippen molar-refractivity contribution in [2.24, 2.45) is 0 Å². The second-order valence-corrected chi connectivity index (χ2v) is 7.92. The molecule has 0 radical (unpaired) electrons. The van der Waals surface area contributed by atoms with Crippen LogP contribution >= 0.6 is 15.9 Å². The minimum Gasteiger partial charge on any atom is -0.492 e. The van der Waals surface area contributed by atoms with Crippen LogP contribution in [0, 0.1) is 0 Å². The van der Waals surface area contributed by atoms with E-state index in [1.54, 1.807) is 0 Å². The minimum absolute atomic E-state index is 0.0000383. The van der Waals surface area contributed by atoms with E-state index in [4.69, 9.17) is 4.74 Å². The van der Waals surface area contributed by atoms with Crippen molar-refractivity contribution in [3.63, 3.8) is 0 Å². The van der Waals surface area contributed by atoms with Crippen LogP contribution in [0.4, 0.5) is 5.69 Å². The molecule has 1 saturated heterocycles. The van der Waals surface area contributed by atoms with Crippen LogP contribution in [0.2, 0.25) is 0 Å². The highest BCUT2D eigenvalue weighted by molar-refractivity contribution is 9.10. The van der Waals surface area contributed by atoms with E-state index in [-0.39, 0.29) is 11.9 Å². The second kappa shape index (κ2) is 9.94. The van der Waals surface area contributed by atoms with Gasteiger partial charge in [-0.2, -0.15) is 0 Å². The highest BCUT2D eigenvalue weighted by Gasteiger charge is 2.21. The molecule has 1 heterocycles. The van der Waals surface area contributed by atoms with Gasteiger partial charge >= 0.3 is 0 Å². The third-order valence-corrected chi connectivity index (χ3v) is 5.52. The lowest BCUT2D eigenvalue weighted by atomic mass is 10.1. The van der Waals surface area contributed by atoms with Crippen LogP contribution in [-0.2, 0) is 4.79 Å². The first kappa shape index (κ1) is 20.7. The molecule has 1 fully saturated rings. The molecule has 3 rings (SSSR count). The number of hydrogen-bond donors (Lipinski definition) is 1. The summed E-state index contributed by atoms with van der Waals surface area (Å²) in [5.41, 5.74) is 2.24. The zero-order chi connectivity index (χ0) is 19.9. The number of rotatable bonds is 7. The molecule has 2 aromatic rings. The fourth-order valence-electron chi connectivity index (χ4n) is 3.47. The molecule has 1 aliphatic heterocycles. The molecule has 5 nitrogen and oxygen atoms in total. The quantitative estimate of drug-likeness (QED) is 0.702. The lowest BCUT2D eigenvalue weighted by Crippen LogP contribution is -2.49. The molecular weight excluding hydrogens is 418 g/mol. The summed E-state index contributed by atoms with van der Waals surface area (Å²) < 4.78 is 6.79. The van der Waals surface area contributed by atoms with Gasteiger partial charge in [0.05, 0.1) is 24.9 Å². The summed E-state index contributed by atoms with van der Waals surface area (Å²) in [6.07, 6.45) is 0. The molecular formula is C22H28BrN3O2. The zero-order valence-electron chi connectivity index (χ0n) is 16.5. The molecule has 2 aromatic carbocycles. The number of hydrogen-bond acceptors (Lipinski definition) is 4. The van der Waals surface area contributed by atoms with Crippen LogP contribution in [0.15, 0.2) is 53.0 Å². The Morgan fingerprint density at radius 3 is 2.46 bits per heavy atom. The highest BCUT2D eigenvalue weighted by atomic mass is 79.9. The van der Waals surface area contributed by atoms with Crippen molar-refractivity contribution in [2.45, 2.75) is 19.9 Å². The summed E-state index contributed by atoms with van der Waals surface area (Å²) in [7, 11) is 0. The van der Waals surface area contributed by atoms with Gasteiger partial charge in [-0.1, -0.05) is 40.2 Å². The molecule has 1 atom stereocenters. The molecule has 150 valence electrons. The van der Waals surface area contributed by atoms with Crippen molar-refractivity contribution in [2.75, 3.05) is 44.2 Å². The highest BCUT2D eigenvalue weighted by Crippen LogP contribution is 2.28. The average Bonchev–Trinajstić information content (AvgIpc) is 2.70. The number of nitrogens with zero attached hydrogens (tertiary/aromatic N) is 2. The Hall–Kier alpha value is -2.05. The first-order valence-electron chi connectivity index (χ1n) is 9.80. The molecule has 28 heavy (non-hydrogen) atoms. The van der Waals surface area contributed by atoms with E-state index in [9.17, 15) is 4.79 Å². The van der Waals surface area contributed by atoms with Gasteiger partial charge in [-0.15, -0.1) is 0 Å². The van der Waals surface area contributed by atoms with Gasteiger partial charge in [0.15, 0.2) is 0 Å². The molecule has 1 aliphatic rings. The van der Waals surface area contributed by atoms with Gasteiger partial charge in [0.1, 0.15) is 5.75 Å². The summed E-state index contributed by atoms with van der Waals surface area (Å²) in [5, 5.41) is 3.10. The number of carbonyl (C=O) groups excluding carboxylic acids is 1. The standard InChI is InChI=1S/C22H28BrN3O2/c1-3-28-21-7-5-4-6-20(21)26-14-12-25(13-15-26)16-22(27)24-17(2)18-8-10-19(23)11-9-18/h4-11,17H,3,12-16H2,1-2H3,(H,24,27). The van der Waals surface area contributed by atoms with Gasteiger partial charge in [-0.25, -0.2) is 0 Å². The average molecular weight is 446 g/mol. The molecule has 1 unspecified atom stereocenters. The molecule has 0 bridgehead atoms. The fraction of sp³-hybridized carbons (Fsp3) is 0.409. The summed E-state index contributed by atoms with van der Waals surface area (Å²) in [4.78, 5) is 17.0. The maximum atomic E-state index is 12.5. The number of ether oxygens (including phenoxy) is 1. The molecule has 0 spiro atoms. The molecule has 1 amide bonds. The molecule has 1 N–H and O–H groups in total. The van der Waals surface area contributed by atoms with Gasteiger partial charge < -0.3 is 15.0 Å². The second-order valence-electron chi connectivity index (χ2n) is 7.00. The van der Waals surface area contributed by atoms with Gasteiger partial charge in [0.2, 0.25) is 5.91 Å². The van der Waals surface area contributed by atoms with Gasteiger partial charge in [0, 0.05) is 30.7 Å². The molecule has 6 heteroatoms. The number of carbonyl (C=O) groups is 1. The lowest BCUT2D eigenvalue weighted by molar-refractivity contribution is -0.123. The topological polar surface area (TPSA) is 44.8 Å². The number of para-hydroxylation sites is 2. The van der Waals surface area contributed by atoms with E-state index < -0.39 is 0 Å². The van der Waals surface area contributed by atoms with Crippen molar-refractivity contribution in [1.29, 1.82) is 0 Å². The van der Waals surface area contributed by atoms with Gasteiger partial charge in [0.25, 0.3) is 0 Å². The maximum Gasteiger partial charge on any atom is 0.234 e. The van der Waals surface area contributed by atoms with E-state index in [0.717, 1.165) is 47.7 Å². The third kappa shape index (κ3) is 5.49. The predicted molar refractivity (Wildman–Crippen MR) is 117 cm³/mol. The van der Waals surface area contributed by atoms with Crippen LogP contribution in [0.25, 0.3) is 0 Å².